The Labute approximate surface area is 732 Å². The Morgan fingerprint density at radius 2 is 0.789 bits per heavy atom. The van der Waals surface area contributed by atoms with Crippen LogP contribution in [0.1, 0.15) is 285 Å². The van der Waals surface area contributed by atoms with Gasteiger partial charge in [0.25, 0.3) is 0 Å². The molecule has 650 valence electrons. The first-order chi connectivity index (χ1) is 60.1. The molecule has 7 aromatic heterocycles. The van der Waals surface area contributed by atoms with Crippen molar-refractivity contribution in [1.29, 1.82) is 0 Å². The van der Waals surface area contributed by atoms with Crippen LogP contribution in [0.4, 0.5) is 0 Å². The molecule has 8 unspecified atom stereocenters. The standard InChI is InChI=1S/C29H37N3O.C28H35N3O.C27H33N3O.C24H34N2O/c1-20-15-21(2)28-24(16-20)27-25-10-6-13-31(25)14-11-26(27)32(28)19-29(3,23-9-5-12-30-17-23)33-18-22-7-4-8-22;1-19-15-20(2)28-23(16-19)27-24-7-4-13-30(24)14-10-25(27)31(28)17-26(22-8-11-29-12-9-22)32-18-21-5-3-6-21;1-19-7-8-23-22(16-19)27-24-6-3-14-29(24)15-11-25(27)30(23)17-26(21-9-12-28-13-10-21)31-18-20-4-2-5-20;1-16-13-17(2)24-19(14-16)23-20-9-6-11-25(20)12-10-21(23)26(24)15-22(27)18-7-4-3-5-8-18/h5,9,12,15-17,22,25H,4,6-8,10-11,13-14,18-19H2,1-3H3;8-9,11-12,15-16,21,24,26H,3-7,10,13-14,17-18H2,1-2H3;7-10,12-13,16,20,24,26H,2-6,11,14-15,17-18H2,1H3;13-14,18,20,22,27H,3-12,15H2,1-2H3. The molecule has 1 N–H and O–H groups in total. The van der Waals surface area contributed by atoms with Crippen LogP contribution in [-0.2, 0) is 71.7 Å². The molecule has 0 bridgehead atoms. The summed E-state index contributed by atoms with van der Waals surface area (Å²) >= 11 is 0. The largest absolute Gasteiger partial charge is 0.391 e. The van der Waals surface area contributed by atoms with E-state index in [1.54, 1.807) is 39.3 Å². The molecule has 8 fully saturated rings. The number of aliphatic hydroxyl groups excluding tert-OH is 1. The topological polar surface area (TPSA) is 119 Å². The highest BCUT2D eigenvalue weighted by molar-refractivity contribution is 5.92. The van der Waals surface area contributed by atoms with Crippen LogP contribution >= 0.6 is 0 Å². The van der Waals surface area contributed by atoms with Gasteiger partial charge < -0.3 is 37.6 Å². The Morgan fingerprint density at radius 1 is 0.382 bits per heavy atom. The molecule has 15 heteroatoms. The van der Waals surface area contributed by atoms with Crippen molar-refractivity contribution in [3.05, 3.63) is 229 Å². The maximum atomic E-state index is 11.1. The molecule has 8 atom stereocenters. The number of aliphatic hydroxyl groups is 1. The first-order valence-electron chi connectivity index (χ1n) is 48.8. The number of benzene rings is 4. The third-order valence-corrected chi connectivity index (χ3v) is 32.2. The monoisotopic (exact) mass is 1650 g/mol. The van der Waals surface area contributed by atoms with Gasteiger partial charge in [-0.3, -0.25) is 34.6 Å². The number of fused-ring (bicyclic) bond motifs is 20. The Bertz CT molecular complexity index is 5550. The normalized spacial score (nSPS) is 22.9. The van der Waals surface area contributed by atoms with Gasteiger partial charge in [-0.2, -0.15) is 0 Å². The summed E-state index contributed by atoms with van der Waals surface area (Å²) < 4.78 is 30.5. The van der Waals surface area contributed by atoms with E-state index >= 15 is 0 Å². The van der Waals surface area contributed by atoms with Gasteiger partial charge in [0, 0.05) is 175 Å². The molecule has 23 rings (SSSR count). The fraction of sp³-hybridized carbons (Fsp3) is 0.565. The van der Waals surface area contributed by atoms with Gasteiger partial charge in [0.05, 0.1) is 62.1 Å². The second-order valence-electron chi connectivity index (χ2n) is 40.4. The molecule has 4 saturated heterocycles. The summed E-state index contributed by atoms with van der Waals surface area (Å²) in [6, 6.07) is 36.5. The number of nitrogens with zero attached hydrogens (tertiary/aromatic N) is 11. The SMILES string of the molecule is Cc1cc(C)c2c(c1)c1c(n2CC(C)(OCC2CCC2)c2cccnc2)CCN2CCCC12.Cc1cc(C)c2c(c1)c1c(n2CC(O)C2CCCCC2)CCN2CCCC12.Cc1cc(C)c2c(c1)c1c(n2CC(OCC2CCC2)c2ccncc2)CCN2CCCC12.Cc1ccc2c(c1)c1c(n2CC(OCC2CCC2)c2ccncc2)CCN2CCCC12. The molecule has 123 heavy (non-hydrogen) atoms. The van der Waals surface area contributed by atoms with Gasteiger partial charge in [-0.1, -0.05) is 91.1 Å². The summed E-state index contributed by atoms with van der Waals surface area (Å²) in [5, 5.41) is 17.0. The smallest absolute Gasteiger partial charge is 0.110 e. The van der Waals surface area contributed by atoms with Crippen molar-refractivity contribution in [2.24, 2.45) is 23.7 Å². The van der Waals surface area contributed by atoms with E-state index < -0.39 is 5.60 Å². The lowest BCUT2D eigenvalue weighted by Gasteiger charge is -2.36. The van der Waals surface area contributed by atoms with Gasteiger partial charge in [0.1, 0.15) is 17.8 Å². The highest BCUT2D eigenvalue weighted by Crippen LogP contribution is 2.51. The quantitative estimate of drug-likeness (QED) is 0.0741. The fourth-order valence-electron chi connectivity index (χ4n) is 25.3. The molecule has 4 aliphatic carbocycles. The van der Waals surface area contributed by atoms with Crippen molar-refractivity contribution in [1.82, 2.24) is 52.8 Å². The number of ether oxygens (including phenoxy) is 3. The van der Waals surface area contributed by atoms with Crippen LogP contribution in [0.25, 0.3) is 43.6 Å². The Hall–Kier alpha value is -7.83. The second kappa shape index (κ2) is 36.1. The van der Waals surface area contributed by atoms with Crippen LogP contribution in [0.5, 0.6) is 0 Å². The van der Waals surface area contributed by atoms with Gasteiger partial charge in [-0.25, -0.2) is 0 Å². The number of aromatic nitrogens is 7. The summed E-state index contributed by atoms with van der Waals surface area (Å²) in [6.07, 6.45) is 44.8. The third kappa shape index (κ3) is 16.6. The lowest BCUT2D eigenvalue weighted by molar-refractivity contribution is -0.0743. The van der Waals surface area contributed by atoms with Gasteiger partial charge >= 0.3 is 0 Å². The minimum Gasteiger partial charge on any atom is -0.391 e. The highest BCUT2D eigenvalue weighted by Gasteiger charge is 2.43. The minimum atomic E-state index is -0.395. The molecular formula is C108H139N11O4. The van der Waals surface area contributed by atoms with E-state index in [9.17, 15) is 5.11 Å². The lowest BCUT2D eigenvalue weighted by Crippen LogP contribution is -2.36. The summed E-state index contributed by atoms with van der Waals surface area (Å²) in [6.45, 7) is 33.8. The molecule has 15 heterocycles. The van der Waals surface area contributed by atoms with Crippen molar-refractivity contribution in [3.8, 4) is 0 Å². The van der Waals surface area contributed by atoms with E-state index in [0.717, 1.165) is 83.5 Å². The first kappa shape index (κ1) is 83.4. The van der Waals surface area contributed by atoms with E-state index in [1.807, 2.05) is 37.2 Å². The maximum Gasteiger partial charge on any atom is 0.110 e. The summed E-state index contributed by atoms with van der Waals surface area (Å²) in [5.41, 5.74) is 31.1. The summed E-state index contributed by atoms with van der Waals surface area (Å²) in [4.78, 5) is 23.8. The van der Waals surface area contributed by atoms with Crippen LogP contribution in [0.2, 0.25) is 0 Å². The Kier molecular flexibility index (Phi) is 24.5. The Morgan fingerprint density at radius 3 is 1.23 bits per heavy atom. The molecule has 4 saturated carbocycles. The van der Waals surface area contributed by atoms with Crippen LogP contribution in [0.3, 0.4) is 0 Å². The van der Waals surface area contributed by atoms with Crippen molar-refractivity contribution in [2.75, 3.05) is 72.2 Å². The van der Waals surface area contributed by atoms with Crippen LogP contribution in [0.15, 0.2) is 128 Å². The maximum absolute atomic E-state index is 11.1. The van der Waals surface area contributed by atoms with E-state index in [4.69, 9.17) is 14.2 Å². The van der Waals surface area contributed by atoms with Gasteiger partial charge in [-0.15, -0.1) is 0 Å². The van der Waals surface area contributed by atoms with Gasteiger partial charge in [0.2, 0.25) is 0 Å². The summed E-state index contributed by atoms with van der Waals surface area (Å²) in [7, 11) is 0. The highest BCUT2D eigenvalue weighted by atomic mass is 16.5. The third-order valence-electron chi connectivity index (χ3n) is 32.2. The number of hydrogen-bond donors (Lipinski definition) is 1. The van der Waals surface area contributed by atoms with Crippen LogP contribution in [0, 0.1) is 72.1 Å². The van der Waals surface area contributed by atoms with Gasteiger partial charge in [-0.05, 0) is 319 Å². The molecule has 11 aromatic rings. The van der Waals surface area contributed by atoms with Crippen molar-refractivity contribution in [3.63, 3.8) is 0 Å². The fourth-order valence-corrected chi connectivity index (χ4v) is 25.3. The van der Waals surface area contributed by atoms with Crippen LogP contribution in [-0.4, -0.2) is 136 Å². The molecule has 4 aromatic carbocycles. The van der Waals surface area contributed by atoms with Crippen molar-refractivity contribution < 1.29 is 19.3 Å². The molecule has 8 aliphatic heterocycles. The average molecular weight is 1660 g/mol. The second-order valence-corrected chi connectivity index (χ2v) is 40.4. The number of rotatable bonds is 21. The zero-order valence-corrected chi connectivity index (χ0v) is 75.6. The molecule has 15 nitrogen and oxygen atoms in total. The number of pyridine rings is 3. The van der Waals surface area contributed by atoms with E-state index in [-0.39, 0.29) is 18.3 Å². The van der Waals surface area contributed by atoms with E-state index in [2.05, 4.69) is 199 Å². The van der Waals surface area contributed by atoms with E-state index in [0.29, 0.717) is 36.0 Å². The van der Waals surface area contributed by atoms with Crippen molar-refractivity contribution >= 4 is 43.6 Å². The molecular weight excluding hydrogens is 1520 g/mol. The van der Waals surface area contributed by atoms with Crippen molar-refractivity contribution in [2.45, 2.75) is 297 Å². The van der Waals surface area contributed by atoms with Gasteiger partial charge in [0.15, 0.2) is 0 Å². The molecule has 12 aliphatic rings. The summed E-state index contributed by atoms with van der Waals surface area (Å²) in [5.74, 6) is 2.69. The number of hydrogen-bond acceptors (Lipinski definition) is 11. The predicted octanol–water partition coefficient (Wildman–Crippen LogP) is 22.5. The minimum absolute atomic E-state index is 0.0700. The molecule has 0 spiro atoms. The number of aryl methyl sites for hydroxylation is 7. The zero-order valence-electron chi connectivity index (χ0n) is 75.6. The first-order valence-corrected chi connectivity index (χ1v) is 48.8. The molecule has 0 amide bonds. The van der Waals surface area contributed by atoms with E-state index in [1.165, 1.54) is 299 Å². The zero-order chi connectivity index (χ0) is 83.6. The Balaban J connectivity index is 0.000000104. The predicted molar refractivity (Wildman–Crippen MR) is 498 cm³/mol. The van der Waals surface area contributed by atoms with Crippen LogP contribution < -0.4 is 0 Å². The molecule has 0 radical (unpaired) electrons. The average Bonchev–Trinajstić information content (AvgIpc) is 1.76. The lowest BCUT2D eigenvalue weighted by atomic mass is 9.85.